The molecule has 1 aliphatic heterocycles. The topological polar surface area (TPSA) is 44.0 Å². The lowest BCUT2D eigenvalue weighted by Gasteiger charge is -2.32. The molecule has 0 radical (unpaired) electrons. The minimum absolute atomic E-state index is 0.105. The zero-order valence-corrected chi connectivity index (χ0v) is 15.1. The number of nitrogens with one attached hydrogen (secondary N) is 2. The second-order valence-electron chi connectivity index (χ2n) is 7.00. The van der Waals surface area contributed by atoms with Gasteiger partial charge < -0.3 is 15.2 Å². The number of aromatic nitrogens is 2. The third kappa shape index (κ3) is 2.61. The number of aromatic amines is 1. The van der Waals surface area contributed by atoms with E-state index in [1.807, 2.05) is 12.3 Å². The molecule has 1 saturated carbocycles. The summed E-state index contributed by atoms with van der Waals surface area (Å²) in [6.45, 7) is 4.28. The third-order valence-electron chi connectivity index (χ3n) is 5.36. The minimum Gasteiger partial charge on any atom is -0.362 e. The Morgan fingerprint density at radius 1 is 1.21 bits per heavy atom. The molecular weight excluding hydrogens is 316 g/mol. The van der Waals surface area contributed by atoms with Gasteiger partial charge in [0.25, 0.3) is 0 Å². The van der Waals surface area contributed by atoms with Crippen LogP contribution in [-0.2, 0) is 0 Å². The summed E-state index contributed by atoms with van der Waals surface area (Å²) in [7, 11) is 0. The van der Waals surface area contributed by atoms with Gasteiger partial charge in [-0.2, -0.15) is 0 Å². The van der Waals surface area contributed by atoms with Gasteiger partial charge in [-0.05, 0) is 62.7 Å². The van der Waals surface area contributed by atoms with Gasteiger partial charge in [-0.25, -0.2) is 0 Å². The highest BCUT2D eigenvalue weighted by Crippen LogP contribution is 2.43. The van der Waals surface area contributed by atoms with E-state index < -0.39 is 0 Å². The second-order valence-corrected chi connectivity index (χ2v) is 7.39. The number of hydrogen-bond acceptors (Lipinski definition) is 2. The summed E-state index contributed by atoms with van der Waals surface area (Å²) in [6.07, 6.45) is 6.93. The smallest absolute Gasteiger partial charge is 0.170 e. The van der Waals surface area contributed by atoms with E-state index in [-0.39, 0.29) is 12.1 Å². The average Bonchev–Trinajstić information content (AvgIpc) is 3.27. The van der Waals surface area contributed by atoms with Gasteiger partial charge in [0.15, 0.2) is 5.11 Å². The highest BCUT2D eigenvalue weighted by Gasteiger charge is 2.44. The van der Waals surface area contributed by atoms with Crippen LogP contribution < -0.4 is 5.32 Å². The number of rotatable bonds is 3. The van der Waals surface area contributed by atoms with E-state index in [9.17, 15) is 0 Å². The van der Waals surface area contributed by atoms with E-state index >= 15 is 0 Å². The number of aryl methyl sites for hydroxylation is 2. The molecule has 2 aromatic rings. The summed E-state index contributed by atoms with van der Waals surface area (Å²) >= 11 is 5.76. The van der Waals surface area contributed by atoms with Crippen molar-refractivity contribution in [3.05, 3.63) is 53.1 Å². The molecule has 2 fully saturated rings. The van der Waals surface area contributed by atoms with E-state index in [1.165, 1.54) is 42.6 Å². The molecule has 2 unspecified atom stereocenters. The third-order valence-corrected chi connectivity index (χ3v) is 5.69. The van der Waals surface area contributed by atoms with Crippen LogP contribution in [0.3, 0.4) is 0 Å². The Morgan fingerprint density at radius 2 is 2.00 bits per heavy atom. The number of nitrogens with zero attached hydrogens (tertiary/aromatic N) is 2. The summed E-state index contributed by atoms with van der Waals surface area (Å²) in [5.74, 6) is 0. The maximum Gasteiger partial charge on any atom is 0.170 e. The average molecular weight is 340 g/mol. The van der Waals surface area contributed by atoms with Crippen molar-refractivity contribution in [1.29, 1.82) is 0 Å². The van der Waals surface area contributed by atoms with Gasteiger partial charge in [0.1, 0.15) is 0 Å². The van der Waals surface area contributed by atoms with Crippen molar-refractivity contribution in [2.45, 2.75) is 57.7 Å². The van der Waals surface area contributed by atoms with Gasteiger partial charge in [0.2, 0.25) is 0 Å². The van der Waals surface area contributed by atoms with Crippen molar-refractivity contribution in [2.75, 3.05) is 0 Å². The number of thiocarbonyl (C=S) groups is 1. The molecule has 0 aromatic carbocycles. The van der Waals surface area contributed by atoms with Crippen LogP contribution in [0, 0.1) is 13.8 Å². The molecule has 126 valence electrons. The lowest BCUT2D eigenvalue weighted by Crippen LogP contribution is -2.37. The molecule has 2 aliphatic rings. The van der Waals surface area contributed by atoms with Gasteiger partial charge in [0, 0.05) is 23.6 Å². The highest BCUT2D eigenvalue weighted by atomic mass is 32.1. The van der Waals surface area contributed by atoms with Crippen LogP contribution in [0.5, 0.6) is 0 Å². The quantitative estimate of drug-likeness (QED) is 0.831. The van der Waals surface area contributed by atoms with Crippen molar-refractivity contribution in [2.24, 2.45) is 0 Å². The fourth-order valence-electron chi connectivity index (χ4n) is 4.33. The fourth-order valence-corrected chi connectivity index (χ4v) is 4.72. The molecule has 1 saturated heterocycles. The van der Waals surface area contributed by atoms with Crippen molar-refractivity contribution in [3.8, 4) is 0 Å². The van der Waals surface area contributed by atoms with Crippen molar-refractivity contribution in [3.63, 3.8) is 0 Å². The minimum atomic E-state index is 0.105. The lowest BCUT2D eigenvalue weighted by atomic mass is 9.95. The molecule has 4 nitrogen and oxygen atoms in total. The summed E-state index contributed by atoms with van der Waals surface area (Å²) in [4.78, 5) is 10.5. The molecular formula is C19H24N4S. The van der Waals surface area contributed by atoms with Crippen LogP contribution in [-0.4, -0.2) is 26.0 Å². The Morgan fingerprint density at radius 3 is 2.62 bits per heavy atom. The molecule has 1 aliphatic carbocycles. The molecule has 0 bridgehead atoms. The molecule has 5 heteroatoms. The van der Waals surface area contributed by atoms with Crippen molar-refractivity contribution < 1.29 is 0 Å². The predicted molar refractivity (Wildman–Crippen MR) is 99.8 cm³/mol. The highest BCUT2D eigenvalue weighted by molar-refractivity contribution is 7.80. The number of hydrogen-bond donors (Lipinski definition) is 2. The normalized spacial score (nSPS) is 24.6. The summed E-state index contributed by atoms with van der Waals surface area (Å²) in [5.41, 5.74) is 4.82. The zero-order valence-electron chi connectivity index (χ0n) is 14.2. The maximum atomic E-state index is 5.76. The van der Waals surface area contributed by atoms with Crippen LogP contribution >= 0.6 is 12.2 Å². The first-order chi connectivity index (χ1) is 11.6. The van der Waals surface area contributed by atoms with Crippen molar-refractivity contribution >= 4 is 17.3 Å². The van der Waals surface area contributed by atoms with E-state index in [4.69, 9.17) is 12.2 Å². The molecule has 4 rings (SSSR count). The molecule has 0 amide bonds. The Balaban J connectivity index is 1.79. The molecule has 2 N–H and O–H groups in total. The van der Waals surface area contributed by atoms with E-state index in [0.717, 1.165) is 10.8 Å². The Kier molecular flexibility index (Phi) is 4.04. The van der Waals surface area contributed by atoms with Crippen LogP contribution in [0.2, 0.25) is 0 Å². The number of H-pyrrole nitrogens is 1. The zero-order chi connectivity index (χ0) is 16.7. The lowest BCUT2D eigenvalue weighted by molar-refractivity contribution is 0.245. The largest absolute Gasteiger partial charge is 0.362 e. The summed E-state index contributed by atoms with van der Waals surface area (Å²) in [5, 5.41) is 4.44. The molecule has 3 heterocycles. The van der Waals surface area contributed by atoms with Gasteiger partial charge in [-0.3, -0.25) is 4.98 Å². The Hall–Kier alpha value is -1.88. The monoisotopic (exact) mass is 340 g/mol. The second kappa shape index (κ2) is 6.20. The first-order valence-electron chi connectivity index (χ1n) is 8.81. The molecule has 2 aromatic heterocycles. The van der Waals surface area contributed by atoms with Crippen LogP contribution in [0.25, 0.3) is 0 Å². The molecule has 0 spiro atoms. The Labute approximate surface area is 148 Å². The van der Waals surface area contributed by atoms with Gasteiger partial charge in [-0.15, -0.1) is 0 Å². The van der Waals surface area contributed by atoms with Crippen LogP contribution in [0.4, 0.5) is 0 Å². The van der Waals surface area contributed by atoms with Gasteiger partial charge in [-0.1, -0.05) is 18.9 Å². The van der Waals surface area contributed by atoms with Gasteiger partial charge >= 0.3 is 0 Å². The van der Waals surface area contributed by atoms with E-state index in [2.05, 4.69) is 52.2 Å². The standard InChI is InChI=1S/C19H24N4S/c1-12-11-15(13(2)21-12)18-17(16-9-5-6-10-20-16)22-19(24)23(18)14-7-3-4-8-14/h5-6,9-11,14,17-18,21H,3-4,7-8H2,1-2H3,(H,22,24). The predicted octanol–water partition coefficient (Wildman–Crippen LogP) is 3.94. The summed E-state index contributed by atoms with van der Waals surface area (Å²) in [6, 6.07) is 9.24. The first kappa shape index (κ1) is 15.6. The molecule has 2 atom stereocenters. The van der Waals surface area contributed by atoms with E-state index in [0.29, 0.717) is 6.04 Å². The maximum absolute atomic E-state index is 5.76. The Bertz CT molecular complexity index is 733. The molecule has 24 heavy (non-hydrogen) atoms. The SMILES string of the molecule is Cc1cc(C2C(c3ccccn3)NC(=S)N2C2CCCC2)c(C)[nH]1. The number of pyridine rings is 1. The van der Waals surface area contributed by atoms with Gasteiger partial charge in [0.05, 0.1) is 17.8 Å². The van der Waals surface area contributed by atoms with Crippen LogP contribution in [0.1, 0.15) is 60.4 Å². The summed E-state index contributed by atoms with van der Waals surface area (Å²) < 4.78 is 0. The first-order valence-corrected chi connectivity index (χ1v) is 9.22. The van der Waals surface area contributed by atoms with Crippen LogP contribution in [0.15, 0.2) is 30.5 Å². The fraction of sp³-hybridized carbons (Fsp3) is 0.474. The van der Waals surface area contributed by atoms with Crippen molar-refractivity contribution in [1.82, 2.24) is 20.2 Å². The van der Waals surface area contributed by atoms with E-state index in [1.54, 1.807) is 0 Å².